The van der Waals surface area contributed by atoms with Crippen LogP contribution in [0.1, 0.15) is 44.6 Å². The standard InChI is InChI=1S/C19H22F3N3O2S/c1-4-5-6-14(11-13(2)3)18-24-17(19(20,21)22)12-25(18)15-7-9-16(10-8-15)28(23,26)27/h4-5,7-12,14H,6H2,1-3H3,(H2,23,26,27)/b5-4-. The Morgan fingerprint density at radius 3 is 2.32 bits per heavy atom. The molecule has 1 heterocycles. The molecular weight excluding hydrogens is 391 g/mol. The molecule has 1 aromatic heterocycles. The van der Waals surface area contributed by atoms with Gasteiger partial charge in [0.2, 0.25) is 10.0 Å². The van der Waals surface area contributed by atoms with Crippen molar-refractivity contribution in [3.05, 3.63) is 65.8 Å². The van der Waals surface area contributed by atoms with Crippen LogP contribution in [0, 0.1) is 0 Å². The van der Waals surface area contributed by atoms with Crippen LogP contribution in [0.5, 0.6) is 0 Å². The Balaban J connectivity index is 2.65. The van der Waals surface area contributed by atoms with E-state index in [1.165, 1.54) is 28.8 Å². The molecule has 0 aliphatic carbocycles. The van der Waals surface area contributed by atoms with E-state index in [1.54, 1.807) is 0 Å². The monoisotopic (exact) mass is 413 g/mol. The van der Waals surface area contributed by atoms with Crippen LogP contribution in [0.2, 0.25) is 0 Å². The highest BCUT2D eigenvalue weighted by Gasteiger charge is 2.35. The van der Waals surface area contributed by atoms with E-state index in [0.29, 0.717) is 12.1 Å². The number of allylic oxidation sites excluding steroid dienone is 4. The van der Waals surface area contributed by atoms with Crippen molar-refractivity contribution in [2.75, 3.05) is 0 Å². The first-order valence-corrected chi connectivity index (χ1v) is 10.0. The minimum atomic E-state index is -4.60. The molecule has 0 fully saturated rings. The van der Waals surface area contributed by atoms with Crippen molar-refractivity contribution in [2.45, 2.75) is 44.2 Å². The molecule has 2 N–H and O–H groups in total. The van der Waals surface area contributed by atoms with Gasteiger partial charge in [0.15, 0.2) is 5.69 Å². The van der Waals surface area contributed by atoms with Crippen molar-refractivity contribution in [2.24, 2.45) is 5.14 Å². The number of halogens is 3. The highest BCUT2D eigenvalue weighted by molar-refractivity contribution is 7.89. The highest BCUT2D eigenvalue weighted by Crippen LogP contribution is 2.33. The molecular formula is C19H22F3N3O2S. The highest BCUT2D eigenvalue weighted by atomic mass is 32.2. The van der Waals surface area contributed by atoms with Gasteiger partial charge in [0.1, 0.15) is 5.82 Å². The van der Waals surface area contributed by atoms with Crippen molar-refractivity contribution < 1.29 is 21.6 Å². The Bertz CT molecular complexity index is 984. The fourth-order valence-electron chi connectivity index (χ4n) is 2.73. The molecule has 0 bridgehead atoms. The molecule has 0 aliphatic heterocycles. The van der Waals surface area contributed by atoms with Gasteiger partial charge in [0, 0.05) is 17.8 Å². The molecule has 28 heavy (non-hydrogen) atoms. The van der Waals surface area contributed by atoms with Gasteiger partial charge in [-0.3, -0.25) is 0 Å². The second kappa shape index (κ2) is 8.32. The van der Waals surface area contributed by atoms with Crippen molar-refractivity contribution >= 4 is 10.0 Å². The largest absolute Gasteiger partial charge is 0.434 e. The molecule has 0 amide bonds. The van der Waals surface area contributed by atoms with Crippen LogP contribution in [-0.4, -0.2) is 18.0 Å². The van der Waals surface area contributed by atoms with Gasteiger partial charge >= 0.3 is 6.18 Å². The summed E-state index contributed by atoms with van der Waals surface area (Å²) in [5, 5.41) is 5.08. The number of nitrogens with zero attached hydrogens (tertiary/aromatic N) is 2. The molecule has 1 atom stereocenters. The summed E-state index contributed by atoms with van der Waals surface area (Å²) < 4.78 is 64.1. The van der Waals surface area contributed by atoms with Crippen LogP contribution in [0.4, 0.5) is 13.2 Å². The number of rotatable bonds is 6. The molecule has 152 valence electrons. The third-order valence-corrected chi connectivity index (χ3v) is 4.89. The van der Waals surface area contributed by atoms with Crippen LogP contribution < -0.4 is 5.14 Å². The Labute approximate surface area is 162 Å². The maximum Gasteiger partial charge on any atom is 0.434 e. The van der Waals surface area contributed by atoms with Crippen molar-refractivity contribution in [1.82, 2.24) is 9.55 Å². The summed E-state index contributed by atoms with van der Waals surface area (Å²) in [6, 6.07) is 5.31. The average Bonchev–Trinajstić information content (AvgIpc) is 3.03. The van der Waals surface area contributed by atoms with E-state index < -0.39 is 21.9 Å². The smallest absolute Gasteiger partial charge is 0.303 e. The third kappa shape index (κ3) is 5.32. The number of sulfonamides is 1. The first-order valence-electron chi connectivity index (χ1n) is 8.49. The molecule has 0 spiro atoms. The van der Waals surface area contributed by atoms with Gasteiger partial charge < -0.3 is 4.57 Å². The lowest BCUT2D eigenvalue weighted by Crippen LogP contribution is -2.12. The number of benzene rings is 1. The van der Waals surface area contributed by atoms with Gasteiger partial charge in [0.25, 0.3) is 0 Å². The first-order chi connectivity index (χ1) is 12.9. The van der Waals surface area contributed by atoms with E-state index >= 15 is 0 Å². The quantitative estimate of drug-likeness (QED) is 0.706. The molecule has 1 aromatic carbocycles. The zero-order chi connectivity index (χ0) is 21.1. The summed E-state index contributed by atoms with van der Waals surface area (Å²) in [5.41, 5.74) is 0.297. The third-order valence-electron chi connectivity index (χ3n) is 3.96. The van der Waals surface area contributed by atoms with Crippen molar-refractivity contribution in [1.29, 1.82) is 0 Å². The van der Waals surface area contributed by atoms with E-state index in [2.05, 4.69) is 4.98 Å². The number of primary sulfonamides is 1. The van der Waals surface area contributed by atoms with E-state index in [-0.39, 0.29) is 16.6 Å². The van der Waals surface area contributed by atoms with Gasteiger partial charge in [-0.15, -0.1) is 0 Å². The summed E-state index contributed by atoms with van der Waals surface area (Å²) in [6.45, 7) is 5.56. The lowest BCUT2D eigenvalue weighted by Gasteiger charge is -2.15. The van der Waals surface area contributed by atoms with Crippen LogP contribution in [-0.2, 0) is 16.2 Å². The minimum Gasteiger partial charge on any atom is -0.303 e. The molecule has 2 rings (SSSR count). The molecule has 0 saturated carbocycles. The van der Waals surface area contributed by atoms with Gasteiger partial charge in [-0.25, -0.2) is 18.5 Å². The number of hydrogen-bond donors (Lipinski definition) is 1. The minimum absolute atomic E-state index is 0.122. The number of hydrogen-bond acceptors (Lipinski definition) is 3. The maximum absolute atomic E-state index is 13.3. The number of imidazole rings is 1. The zero-order valence-electron chi connectivity index (χ0n) is 15.7. The molecule has 0 radical (unpaired) electrons. The SMILES string of the molecule is C/C=C\CC(C=C(C)C)c1nc(C(F)(F)F)cn1-c1ccc(S(N)(=O)=O)cc1. The van der Waals surface area contributed by atoms with Crippen LogP contribution >= 0.6 is 0 Å². The molecule has 5 nitrogen and oxygen atoms in total. The van der Waals surface area contributed by atoms with Gasteiger partial charge in [-0.2, -0.15) is 13.2 Å². The molecule has 1 unspecified atom stereocenters. The van der Waals surface area contributed by atoms with Crippen LogP contribution in [0.25, 0.3) is 5.69 Å². The average molecular weight is 413 g/mol. The van der Waals surface area contributed by atoms with Crippen LogP contribution in [0.15, 0.2) is 59.2 Å². The van der Waals surface area contributed by atoms with E-state index in [0.717, 1.165) is 11.8 Å². The lowest BCUT2D eigenvalue weighted by atomic mass is 10.0. The van der Waals surface area contributed by atoms with E-state index in [4.69, 9.17) is 5.14 Å². The molecule has 0 saturated heterocycles. The molecule has 9 heteroatoms. The fraction of sp³-hybridized carbons (Fsp3) is 0.316. The first kappa shape index (κ1) is 21.9. The number of nitrogens with two attached hydrogens (primary N) is 1. The fourth-order valence-corrected chi connectivity index (χ4v) is 3.24. The Morgan fingerprint density at radius 2 is 1.86 bits per heavy atom. The summed E-state index contributed by atoms with van der Waals surface area (Å²) in [4.78, 5) is 3.73. The van der Waals surface area contributed by atoms with Gasteiger partial charge in [-0.05, 0) is 51.5 Å². The van der Waals surface area contributed by atoms with E-state index in [9.17, 15) is 21.6 Å². The normalized spacial score (nSPS) is 13.7. The number of alkyl halides is 3. The number of aromatic nitrogens is 2. The second-order valence-corrected chi connectivity index (χ2v) is 8.11. The summed E-state index contributed by atoms with van der Waals surface area (Å²) in [5.74, 6) is -0.162. The Morgan fingerprint density at radius 1 is 1.25 bits per heavy atom. The van der Waals surface area contributed by atoms with Crippen LogP contribution in [0.3, 0.4) is 0 Å². The predicted octanol–water partition coefficient (Wildman–Crippen LogP) is 4.55. The molecule has 0 aliphatic rings. The lowest BCUT2D eigenvalue weighted by molar-refractivity contribution is -0.141. The van der Waals surface area contributed by atoms with Gasteiger partial charge in [0.05, 0.1) is 4.90 Å². The summed E-state index contributed by atoms with van der Waals surface area (Å²) >= 11 is 0. The summed E-state index contributed by atoms with van der Waals surface area (Å²) in [6.07, 6.45) is 2.34. The maximum atomic E-state index is 13.3. The van der Waals surface area contributed by atoms with Crippen molar-refractivity contribution in [3.8, 4) is 5.69 Å². The Hall–Kier alpha value is -2.39. The predicted molar refractivity (Wildman–Crippen MR) is 102 cm³/mol. The Kier molecular flexibility index (Phi) is 6.51. The zero-order valence-corrected chi connectivity index (χ0v) is 16.6. The topological polar surface area (TPSA) is 78.0 Å². The molecule has 2 aromatic rings. The second-order valence-electron chi connectivity index (χ2n) is 6.55. The van der Waals surface area contributed by atoms with E-state index in [1.807, 2.05) is 39.0 Å². The van der Waals surface area contributed by atoms with Crippen molar-refractivity contribution in [3.63, 3.8) is 0 Å². The van der Waals surface area contributed by atoms with Gasteiger partial charge in [-0.1, -0.05) is 23.8 Å². The summed E-state index contributed by atoms with van der Waals surface area (Å²) in [7, 11) is -3.90.